The second-order valence-electron chi connectivity index (χ2n) is 5.31. The third-order valence-electron chi connectivity index (χ3n) is 2.98. The molecular weight excluding hydrogens is 240 g/mol. The molecular formula is C14H26N4O. The molecule has 1 aromatic heterocycles. The van der Waals surface area contributed by atoms with Crippen molar-refractivity contribution in [2.45, 2.75) is 33.4 Å². The van der Waals surface area contributed by atoms with Crippen molar-refractivity contribution in [3.63, 3.8) is 0 Å². The fraction of sp³-hybridized carbons (Fsp3) is 0.714. The van der Waals surface area contributed by atoms with Gasteiger partial charge in [0.25, 0.3) is 0 Å². The molecule has 1 heterocycles. The molecule has 0 fully saturated rings. The third kappa shape index (κ3) is 5.53. The molecule has 5 nitrogen and oxygen atoms in total. The highest BCUT2D eigenvalue weighted by molar-refractivity contribution is 5.35. The monoisotopic (exact) mass is 266 g/mol. The highest BCUT2D eigenvalue weighted by Crippen LogP contribution is 2.10. The van der Waals surface area contributed by atoms with Gasteiger partial charge in [-0.1, -0.05) is 13.8 Å². The van der Waals surface area contributed by atoms with E-state index in [0.717, 1.165) is 24.6 Å². The first-order valence-electron chi connectivity index (χ1n) is 6.78. The van der Waals surface area contributed by atoms with E-state index >= 15 is 0 Å². The molecule has 108 valence electrons. The van der Waals surface area contributed by atoms with Gasteiger partial charge >= 0.3 is 0 Å². The summed E-state index contributed by atoms with van der Waals surface area (Å²) in [6.45, 7) is 8.91. The van der Waals surface area contributed by atoms with Crippen molar-refractivity contribution in [1.29, 1.82) is 0 Å². The van der Waals surface area contributed by atoms with E-state index < -0.39 is 0 Å². The number of methoxy groups -OCH3 is 1. The van der Waals surface area contributed by atoms with Crippen molar-refractivity contribution in [3.8, 4) is 0 Å². The second-order valence-corrected chi connectivity index (χ2v) is 5.31. The van der Waals surface area contributed by atoms with Crippen molar-refractivity contribution < 1.29 is 4.74 Å². The van der Waals surface area contributed by atoms with Gasteiger partial charge in [0.1, 0.15) is 5.82 Å². The summed E-state index contributed by atoms with van der Waals surface area (Å²) < 4.78 is 5.15. The van der Waals surface area contributed by atoms with Gasteiger partial charge in [0.15, 0.2) is 0 Å². The zero-order valence-corrected chi connectivity index (χ0v) is 12.7. The van der Waals surface area contributed by atoms with E-state index in [4.69, 9.17) is 4.74 Å². The SMILES string of the molecule is COCC(C)N(C)c1cnc(CNCC(C)C)cn1. The van der Waals surface area contributed by atoms with Crippen LogP contribution in [0.4, 0.5) is 5.82 Å². The summed E-state index contributed by atoms with van der Waals surface area (Å²) in [7, 11) is 3.71. The number of hydrogen-bond donors (Lipinski definition) is 1. The number of rotatable bonds is 8. The summed E-state index contributed by atoms with van der Waals surface area (Å²) in [6, 6.07) is 0.282. The normalized spacial score (nSPS) is 12.7. The Hall–Kier alpha value is -1.20. The van der Waals surface area contributed by atoms with Gasteiger partial charge in [-0.2, -0.15) is 0 Å². The molecule has 0 aliphatic rings. The number of ether oxygens (including phenoxy) is 1. The summed E-state index contributed by atoms with van der Waals surface area (Å²) in [5, 5.41) is 3.36. The van der Waals surface area contributed by atoms with Crippen LogP contribution in [0, 0.1) is 5.92 Å². The van der Waals surface area contributed by atoms with Crippen LogP contribution in [0.25, 0.3) is 0 Å². The lowest BCUT2D eigenvalue weighted by atomic mass is 10.2. The predicted octanol–water partition coefficient (Wildman–Crippen LogP) is 1.69. The Morgan fingerprint density at radius 1 is 1.26 bits per heavy atom. The molecule has 1 unspecified atom stereocenters. The molecule has 0 spiro atoms. The van der Waals surface area contributed by atoms with Crippen LogP contribution in [0.1, 0.15) is 26.5 Å². The molecule has 5 heteroatoms. The Morgan fingerprint density at radius 3 is 2.53 bits per heavy atom. The summed E-state index contributed by atoms with van der Waals surface area (Å²) >= 11 is 0. The molecule has 0 aliphatic carbocycles. The quantitative estimate of drug-likeness (QED) is 0.776. The van der Waals surface area contributed by atoms with Crippen molar-refractivity contribution in [2.24, 2.45) is 5.92 Å². The summed E-state index contributed by atoms with van der Waals surface area (Å²) in [5.74, 6) is 1.52. The maximum absolute atomic E-state index is 5.15. The molecule has 0 aromatic carbocycles. The van der Waals surface area contributed by atoms with E-state index in [1.807, 2.05) is 19.4 Å². The van der Waals surface area contributed by atoms with Gasteiger partial charge in [-0.25, -0.2) is 4.98 Å². The predicted molar refractivity (Wildman–Crippen MR) is 78.3 cm³/mol. The Morgan fingerprint density at radius 2 is 2.00 bits per heavy atom. The van der Waals surface area contributed by atoms with Crippen molar-refractivity contribution >= 4 is 5.82 Å². The van der Waals surface area contributed by atoms with E-state index in [9.17, 15) is 0 Å². The first kappa shape index (κ1) is 15.9. The topological polar surface area (TPSA) is 50.3 Å². The van der Waals surface area contributed by atoms with Crippen LogP contribution in [0.2, 0.25) is 0 Å². The summed E-state index contributed by atoms with van der Waals surface area (Å²) in [6.07, 6.45) is 3.65. The molecule has 19 heavy (non-hydrogen) atoms. The van der Waals surface area contributed by atoms with Gasteiger partial charge in [0.05, 0.1) is 30.7 Å². The van der Waals surface area contributed by atoms with Crippen LogP contribution in [0.3, 0.4) is 0 Å². The summed E-state index contributed by atoms with van der Waals surface area (Å²) in [5.41, 5.74) is 0.970. The molecule has 0 saturated carbocycles. The van der Waals surface area contributed by atoms with Gasteiger partial charge in [-0.3, -0.25) is 4.98 Å². The third-order valence-corrected chi connectivity index (χ3v) is 2.98. The molecule has 1 atom stereocenters. The Bertz CT molecular complexity index is 353. The van der Waals surface area contributed by atoms with Crippen LogP contribution in [-0.4, -0.2) is 43.3 Å². The molecule has 0 amide bonds. The van der Waals surface area contributed by atoms with Crippen LogP contribution in [0.5, 0.6) is 0 Å². The minimum absolute atomic E-state index is 0.282. The number of hydrogen-bond acceptors (Lipinski definition) is 5. The minimum Gasteiger partial charge on any atom is -0.383 e. The maximum atomic E-state index is 5.15. The lowest BCUT2D eigenvalue weighted by molar-refractivity contribution is 0.183. The zero-order chi connectivity index (χ0) is 14.3. The van der Waals surface area contributed by atoms with E-state index in [2.05, 4.69) is 41.0 Å². The smallest absolute Gasteiger partial charge is 0.147 e. The van der Waals surface area contributed by atoms with Gasteiger partial charge in [-0.05, 0) is 19.4 Å². The van der Waals surface area contributed by atoms with Crippen LogP contribution in [0.15, 0.2) is 12.4 Å². The minimum atomic E-state index is 0.282. The highest BCUT2D eigenvalue weighted by Gasteiger charge is 2.11. The molecule has 0 saturated heterocycles. The molecule has 0 aliphatic heterocycles. The first-order chi connectivity index (χ1) is 9.04. The first-order valence-corrected chi connectivity index (χ1v) is 6.78. The van der Waals surface area contributed by atoms with Gasteiger partial charge in [0, 0.05) is 20.7 Å². The second kappa shape index (κ2) is 8.07. The largest absolute Gasteiger partial charge is 0.383 e. The number of nitrogens with one attached hydrogen (secondary N) is 1. The van der Waals surface area contributed by atoms with Crippen LogP contribution in [-0.2, 0) is 11.3 Å². The lowest BCUT2D eigenvalue weighted by Crippen LogP contribution is -2.33. The average Bonchev–Trinajstić information content (AvgIpc) is 2.38. The summed E-state index contributed by atoms with van der Waals surface area (Å²) in [4.78, 5) is 11.0. The van der Waals surface area contributed by atoms with Gasteiger partial charge in [-0.15, -0.1) is 0 Å². The van der Waals surface area contributed by atoms with Crippen molar-refractivity contribution in [2.75, 3.05) is 32.2 Å². The number of nitrogens with zero attached hydrogens (tertiary/aromatic N) is 3. The van der Waals surface area contributed by atoms with E-state index in [1.54, 1.807) is 7.11 Å². The molecule has 1 rings (SSSR count). The maximum Gasteiger partial charge on any atom is 0.147 e. The fourth-order valence-electron chi connectivity index (χ4n) is 1.69. The fourth-order valence-corrected chi connectivity index (χ4v) is 1.69. The molecule has 0 radical (unpaired) electrons. The van der Waals surface area contributed by atoms with Crippen LogP contribution < -0.4 is 10.2 Å². The van der Waals surface area contributed by atoms with Crippen molar-refractivity contribution in [3.05, 3.63) is 18.1 Å². The van der Waals surface area contributed by atoms with Gasteiger partial charge in [0.2, 0.25) is 0 Å². The number of anilines is 1. The van der Waals surface area contributed by atoms with E-state index in [-0.39, 0.29) is 6.04 Å². The molecule has 1 aromatic rings. The van der Waals surface area contributed by atoms with E-state index in [0.29, 0.717) is 12.5 Å². The molecule has 1 N–H and O–H groups in total. The lowest BCUT2D eigenvalue weighted by Gasteiger charge is -2.24. The van der Waals surface area contributed by atoms with Crippen molar-refractivity contribution in [1.82, 2.24) is 15.3 Å². The van der Waals surface area contributed by atoms with E-state index in [1.165, 1.54) is 0 Å². The highest BCUT2D eigenvalue weighted by atomic mass is 16.5. The Kier molecular flexibility index (Phi) is 6.73. The van der Waals surface area contributed by atoms with Gasteiger partial charge < -0.3 is 15.0 Å². The Balaban J connectivity index is 2.51. The Labute approximate surface area is 116 Å². The zero-order valence-electron chi connectivity index (χ0n) is 12.7. The average molecular weight is 266 g/mol. The standard InChI is InChI=1S/C14H26N4O/c1-11(2)6-15-7-13-8-17-14(9-16-13)18(4)12(3)10-19-5/h8-9,11-12,15H,6-7,10H2,1-5H3. The number of likely N-dealkylation sites (N-methyl/N-ethyl adjacent to an activating group) is 1. The molecule has 0 bridgehead atoms. The number of aromatic nitrogens is 2. The van der Waals surface area contributed by atoms with Crippen LogP contribution >= 0.6 is 0 Å².